The quantitative estimate of drug-likeness (QED) is 0.447. The first kappa shape index (κ1) is 6.21. The minimum atomic E-state index is 0.512. The summed E-state index contributed by atoms with van der Waals surface area (Å²) in [7, 11) is 0. The molecule has 1 fully saturated rings. The average molecular weight is 134 g/mol. The van der Waals surface area contributed by atoms with Crippen LogP contribution in [0.4, 0.5) is 0 Å². The smallest absolute Gasteiger partial charge is 0.0282 e. The van der Waals surface area contributed by atoms with E-state index in [-0.39, 0.29) is 0 Å². The lowest BCUT2D eigenvalue weighted by Gasteiger charge is -2.39. The molecule has 0 heteroatoms. The van der Waals surface area contributed by atoms with E-state index in [0.717, 1.165) is 5.92 Å². The highest BCUT2D eigenvalue weighted by atomic mass is 14.5. The lowest BCUT2D eigenvalue weighted by atomic mass is 9.64. The zero-order valence-electron chi connectivity index (χ0n) is 6.94. The van der Waals surface area contributed by atoms with Crippen molar-refractivity contribution < 1.29 is 0 Å². The average Bonchev–Trinajstić information content (AvgIpc) is 2.44. The predicted octanol–water partition coefficient (Wildman–Crippen LogP) is 2.92. The molecule has 0 aromatic rings. The molecule has 1 saturated carbocycles. The fourth-order valence-corrected chi connectivity index (χ4v) is 2.42. The summed E-state index contributed by atoms with van der Waals surface area (Å²) in [6.45, 7) is 6.78. The van der Waals surface area contributed by atoms with E-state index in [4.69, 9.17) is 0 Å². The van der Waals surface area contributed by atoms with Crippen molar-refractivity contribution in [1.82, 2.24) is 0 Å². The van der Waals surface area contributed by atoms with Crippen molar-refractivity contribution >= 4 is 0 Å². The summed E-state index contributed by atoms with van der Waals surface area (Å²) < 4.78 is 0. The molecule has 0 aromatic carbocycles. The van der Waals surface area contributed by atoms with E-state index in [1.807, 2.05) is 0 Å². The minimum Gasteiger partial charge on any atom is -0.0758 e. The van der Waals surface area contributed by atoms with Crippen LogP contribution in [-0.4, -0.2) is 0 Å². The van der Waals surface area contributed by atoms with Crippen LogP contribution in [0, 0.1) is 11.3 Å². The molecule has 0 aromatic heterocycles. The highest BCUT2D eigenvalue weighted by Gasteiger charge is 2.50. The van der Waals surface area contributed by atoms with Crippen LogP contribution in [0.3, 0.4) is 0 Å². The van der Waals surface area contributed by atoms with Crippen molar-refractivity contribution in [2.45, 2.75) is 27.2 Å². The molecule has 0 N–H and O–H groups in total. The van der Waals surface area contributed by atoms with Crippen LogP contribution in [0.25, 0.3) is 0 Å². The molecule has 54 valence electrons. The van der Waals surface area contributed by atoms with Crippen LogP contribution in [0.15, 0.2) is 23.3 Å². The van der Waals surface area contributed by atoms with Crippen LogP contribution < -0.4 is 0 Å². The lowest BCUT2D eigenvalue weighted by Crippen LogP contribution is -2.29. The van der Waals surface area contributed by atoms with Crippen molar-refractivity contribution in [3.8, 4) is 0 Å². The maximum absolute atomic E-state index is 2.34. The molecule has 1 spiro atoms. The van der Waals surface area contributed by atoms with Gasteiger partial charge in [-0.1, -0.05) is 30.2 Å². The zero-order chi connectivity index (χ0) is 7.35. The fraction of sp³-hybridized carbons (Fsp3) is 0.600. The molecule has 0 saturated heterocycles. The van der Waals surface area contributed by atoms with Crippen molar-refractivity contribution in [3.05, 3.63) is 23.3 Å². The van der Waals surface area contributed by atoms with E-state index in [1.165, 1.54) is 12.0 Å². The summed E-state index contributed by atoms with van der Waals surface area (Å²) in [4.78, 5) is 0. The van der Waals surface area contributed by atoms with Crippen LogP contribution in [0.5, 0.6) is 0 Å². The Hall–Kier alpha value is -0.520. The van der Waals surface area contributed by atoms with Crippen molar-refractivity contribution in [2.24, 2.45) is 11.3 Å². The van der Waals surface area contributed by atoms with Crippen molar-refractivity contribution in [1.29, 1.82) is 0 Å². The molecule has 0 heterocycles. The van der Waals surface area contributed by atoms with Gasteiger partial charge < -0.3 is 0 Å². The van der Waals surface area contributed by atoms with Crippen LogP contribution in [-0.2, 0) is 0 Å². The maximum Gasteiger partial charge on any atom is 0.0282 e. The molecule has 0 aliphatic heterocycles. The Kier molecular flexibility index (Phi) is 0.964. The highest BCUT2D eigenvalue weighted by Crippen LogP contribution is 2.61. The first-order valence-corrected chi connectivity index (χ1v) is 4.04. The molecule has 2 aliphatic carbocycles. The second kappa shape index (κ2) is 1.55. The van der Waals surface area contributed by atoms with Gasteiger partial charge in [0.15, 0.2) is 0 Å². The molecule has 2 aliphatic rings. The summed E-state index contributed by atoms with van der Waals surface area (Å²) in [5, 5.41) is 0. The van der Waals surface area contributed by atoms with E-state index < -0.39 is 0 Å². The third-order valence-electron chi connectivity index (χ3n) is 2.75. The Morgan fingerprint density at radius 1 is 1.50 bits per heavy atom. The van der Waals surface area contributed by atoms with Gasteiger partial charge in [0.2, 0.25) is 0 Å². The molecule has 1 unspecified atom stereocenters. The van der Waals surface area contributed by atoms with Crippen LogP contribution in [0.2, 0.25) is 0 Å². The Morgan fingerprint density at radius 3 is 2.30 bits per heavy atom. The minimum absolute atomic E-state index is 0.512. The van der Waals surface area contributed by atoms with Gasteiger partial charge in [-0.2, -0.15) is 0 Å². The predicted molar refractivity (Wildman–Crippen MR) is 43.7 cm³/mol. The second-order valence-corrected chi connectivity index (χ2v) is 3.89. The summed E-state index contributed by atoms with van der Waals surface area (Å²) in [6.07, 6.45) is 6.05. The molecule has 0 nitrogen and oxygen atoms in total. The summed E-state index contributed by atoms with van der Waals surface area (Å²) >= 11 is 0. The van der Waals surface area contributed by atoms with E-state index in [9.17, 15) is 0 Å². The van der Waals surface area contributed by atoms with Crippen molar-refractivity contribution in [3.63, 3.8) is 0 Å². The Balaban J connectivity index is 2.28. The van der Waals surface area contributed by atoms with Gasteiger partial charge in [0.25, 0.3) is 0 Å². The first-order chi connectivity index (χ1) is 4.66. The molecule has 10 heavy (non-hydrogen) atoms. The largest absolute Gasteiger partial charge is 0.0758 e. The SMILES string of the molecule is CC(C)=C1C(C)CC12C=C2. The first-order valence-electron chi connectivity index (χ1n) is 4.04. The number of allylic oxidation sites excluding steroid dienone is 4. The van der Waals surface area contributed by atoms with Gasteiger partial charge in [-0.3, -0.25) is 0 Å². The standard InChI is InChI=1S/C10H14/c1-7(2)9-8(3)6-10(9)4-5-10/h4-5,8H,6H2,1-3H3. The summed E-state index contributed by atoms with van der Waals surface area (Å²) in [6, 6.07) is 0. The van der Waals surface area contributed by atoms with E-state index in [1.54, 1.807) is 5.57 Å². The van der Waals surface area contributed by atoms with Gasteiger partial charge in [0.1, 0.15) is 0 Å². The van der Waals surface area contributed by atoms with E-state index in [2.05, 4.69) is 32.9 Å². The lowest BCUT2D eigenvalue weighted by molar-refractivity contribution is 0.342. The monoisotopic (exact) mass is 134 g/mol. The molecule has 2 rings (SSSR count). The van der Waals surface area contributed by atoms with E-state index in [0.29, 0.717) is 5.41 Å². The van der Waals surface area contributed by atoms with Gasteiger partial charge in [-0.05, 0) is 26.2 Å². The molecule has 0 amide bonds. The molecular weight excluding hydrogens is 120 g/mol. The molecule has 0 bridgehead atoms. The van der Waals surface area contributed by atoms with Gasteiger partial charge >= 0.3 is 0 Å². The highest BCUT2D eigenvalue weighted by molar-refractivity contribution is 5.50. The van der Waals surface area contributed by atoms with Crippen molar-refractivity contribution in [2.75, 3.05) is 0 Å². The van der Waals surface area contributed by atoms with Gasteiger partial charge in [0.05, 0.1) is 0 Å². The third kappa shape index (κ3) is 0.570. The van der Waals surface area contributed by atoms with E-state index >= 15 is 0 Å². The van der Waals surface area contributed by atoms with Gasteiger partial charge in [-0.25, -0.2) is 0 Å². The third-order valence-corrected chi connectivity index (χ3v) is 2.75. The number of hydrogen-bond donors (Lipinski definition) is 0. The Morgan fingerprint density at radius 2 is 2.10 bits per heavy atom. The number of hydrogen-bond acceptors (Lipinski definition) is 0. The zero-order valence-corrected chi connectivity index (χ0v) is 6.94. The molecule has 0 radical (unpaired) electrons. The number of rotatable bonds is 0. The van der Waals surface area contributed by atoms with Crippen LogP contribution in [0.1, 0.15) is 27.2 Å². The van der Waals surface area contributed by atoms with Gasteiger partial charge in [-0.15, -0.1) is 0 Å². The maximum atomic E-state index is 2.34. The Labute approximate surface area is 62.6 Å². The topological polar surface area (TPSA) is 0 Å². The Bertz CT molecular complexity index is 220. The molecule has 1 atom stereocenters. The normalized spacial score (nSPS) is 32.3. The summed E-state index contributed by atoms with van der Waals surface area (Å²) in [5.74, 6) is 0.847. The second-order valence-electron chi connectivity index (χ2n) is 3.89. The molecular formula is C10H14. The summed E-state index contributed by atoms with van der Waals surface area (Å²) in [5.41, 5.74) is 3.73. The van der Waals surface area contributed by atoms with Gasteiger partial charge in [0, 0.05) is 5.41 Å². The fourth-order valence-electron chi connectivity index (χ4n) is 2.42. The van der Waals surface area contributed by atoms with Crippen LogP contribution >= 0.6 is 0 Å².